The number of para-hydroxylation sites is 1. The Balaban J connectivity index is 1.82. The molecule has 6 nitrogen and oxygen atoms in total. The van der Waals surface area contributed by atoms with Gasteiger partial charge in [0.05, 0.1) is 20.2 Å². The van der Waals surface area contributed by atoms with Crippen LogP contribution in [0.15, 0.2) is 47.4 Å². The van der Waals surface area contributed by atoms with Gasteiger partial charge in [0.15, 0.2) is 9.84 Å². The molecule has 3 rings (SSSR count). The van der Waals surface area contributed by atoms with Crippen molar-refractivity contribution in [2.45, 2.75) is 4.90 Å². The average Bonchev–Trinajstić information content (AvgIpc) is 2.96. The lowest BCUT2D eigenvalue weighted by molar-refractivity contribution is 0.0959. The molecule has 0 bridgehead atoms. The number of amides is 1. The lowest BCUT2D eigenvalue weighted by Crippen LogP contribution is -2.30. The highest BCUT2D eigenvalue weighted by molar-refractivity contribution is 7.90. The molecule has 0 unspecified atom stereocenters. The van der Waals surface area contributed by atoms with E-state index in [-0.39, 0.29) is 10.5 Å². The predicted molar refractivity (Wildman–Crippen MR) is 95.3 cm³/mol. The molecule has 0 spiro atoms. The minimum absolute atomic E-state index is 0.0309. The molecule has 0 aliphatic heterocycles. The smallest absolute Gasteiger partial charge is 0.270 e. The van der Waals surface area contributed by atoms with Crippen LogP contribution < -0.4 is 10.9 Å². The topological polar surface area (TPSA) is 88.2 Å². The van der Waals surface area contributed by atoms with E-state index in [1.807, 2.05) is 12.1 Å². The minimum Gasteiger partial charge on any atom is -0.273 e. The number of anilines is 1. The maximum absolute atomic E-state index is 12.3. The Bertz CT molecular complexity index is 1030. The van der Waals surface area contributed by atoms with Gasteiger partial charge in [0.2, 0.25) is 5.13 Å². The van der Waals surface area contributed by atoms with E-state index >= 15 is 0 Å². The van der Waals surface area contributed by atoms with E-state index in [2.05, 4.69) is 15.8 Å². The van der Waals surface area contributed by atoms with Gasteiger partial charge in [0.25, 0.3) is 5.91 Å². The van der Waals surface area contributed by atoms with Gasteiger partial charge in [-0.1, -0.05) is 41.1 Å². The Labute approximate surface area is 147 Å². The third-order valence-corrected chi connectivity index (χ3v) is 5.58. The maximum atomic E-state index is 12.3. The number of fused-ring (bicyclic) bond motifs is 1. The number of thiazole rings is 1. The van der Waals surface area contributed by atoms with E-state index in [9.17, 15) is 13.2 Å². The number of halogens is 1. The first kappa shape index (κ1) is 16.7. The molecule has 124 valence electrons. The number of nitrogens with one attached hydrogen (secondary N) is 2. The molecule has 24 heavy (non-hydrogen) atoms. The van der Waals surface area contributed by atoms with Crippen LogP contribution in [0.2, 0.25) is 5.02 Å². The lowest BCUT2D eigenvalue weighted by Gasteiger charge is -2.09. The van der Waals surface area contributed by atoms with Crippen LogP contribution in [0, 0.1) is 0 Å². The Kier molecular flexibility index (Phi) is 4.44. The van der Waals surface area contributed by atoms with Gasteiger partial charge in [0.1, 0.15) is 5.52 Å². The first-order chi connectivity index (χ1) is 11.4. The van der Waals surface area contributed by atoms with Gasteiger partial charge in [-0.15, -0.1) is 0 Å². The third-order valence-electron chi connectivity index (χ3n) is 3.18. The largest absolute Gasteiger partial charge is 0.273 e. The van der Waals surface area contributed by atoms with E-state index < -0.39 is 15.7 Å². The fourth-order valence-electron chi connectivity index (χ4n) is 2.12. The number of benzene rings is 2. The number of sulfone groups is 1. The summed E-state index contributed by atoms with van der Waals surface area (Å²) in [6.45, 7) is 0. The monoisotopic (exact) mass is 381 g/mol. The van der Waals surface area contributed by atoms with Crippen LogP contribution in [-0.4, -0.2) is 25.6 Å². The molecule has 0 fully saturated rings. The Morgan fingerprint density at radius 2 is 1.92 bits per heavy atom. The van der Waals surface area contributed by atoms with Crippen molar-refractivity contribution in [2.75, 3.05) is 11.7 Å². The molecule has 0 saturated carbocycles. The zero-order chi connectivity index (χ0) is 17.3. The summed E-state index contributed by atoms with van der Waals surface area (Å²) in [5.74, 6) is -0.568. The van der Waals surface area contributed by atoms with Crippen LogP contribution in [-0.2, 0) is 9.84 Å². The normalized spacial score (nSPS) is 11.4. The van der Waals surface area contributed by atoms with E-state index in [0.29, 0.717) is 15.7 Å². The summed E-state index contributed by atoms with van der Waals surface area (Å²) in [7, 11) is -3.51. The van der Waals surface area contributed by atoms with Gasteiger partial charge in [-0.25, -0.2) is 13.4 Å². The molecule has 0 saturated heterocycles. The third kappa shape index (κ3) is 3.35. The van der Waals surface area contributed by atoms with Crippen LogP contribution in [0.4, 0.5) is 5.13 Å². The van der Waals surface area contributed by atoms with Gasteiger partial charge in [-0.3, -0.25) is 15.6 Å². The number of aromatic nitrogens is 1. The highest BCUT2D eigenvalue weighted by atomic mass is 35.5. The van der Waals surface area contributed by atoms with Gasteiger partial charge >= 0.3 is 0 Å². The number of carbonyl (C=O) groups excluding carboxylic acids is 1. The van der Waals surface area contributed by atoms with Crippen LogP contribution >= 0.6 is 22.9 Å². The van der Waals surface area contributed by atoms with Gasteiger partial charge in [-0.05, 0) is 24.3 Å². The Morgan fingerprint density at radius 3 is 2.62 bits per heavy atom. The molecule has 0 aliphatic carbocycles. The second kappa shape index (κ2) is 6.39. The maximum Gasteiger partial charge on any atom is 0.270 e. The summed E-state index contributed by atoms with van der Waals surface area (Å²) in [6, 6.07) is 11.4. The number of hydrogen-bond acceptors (Lipinski definition) is 6. The van der Waals surface area contributed by atoms with E-state index in [1.54, 1.807) is 18.2 Å². The molecule has 0 aliphatic rings. The molecule has 1 aromatic heterocycles. The van der Waals surface area contributed by atoms with E-state index in [4.69, 9.17) is 11.6 Å². The molecule has 0 atom stereocenters. The van der Waals surface area contributed by atoms with Crippen molar-refractivity contribution in [1.82, 2.24) is 10.4 Å². The molecule has 1 amide bonds. The molecular weight excluding hydrogens is 370 g/mol. The summed E-state index contributed by atoms with van der Waals surface area (Å²) in [5.41, 5.74) is 5.85. The summed E-state index contributed by atoms with van der Waals surface area (Å²) in [6.07, 6.45) is 1.06. The van der Waals surface area contributed by atoms with Crippen molar-refractivity contribution in [3.05, 3.63) is 53.1 Å². The summed E-state index contributed by atoms with van der Waals surface area (Å²) >= 11 is 7.38. The molecule has 9 heteroatoms. The molecular formula is C15H12ClN3O3S2. The second-order valence-corrected chi connectivity index (χ2v) is 8.38. The molecule has 1 heterocycles. The van der Waals surface area contributed by atoms with Crippen LogP contribution in [0.1, 0.15) is 10.4 Å². The SMILES string of the molecule is CS(=O)(=O)c1ccccc1C(=O)NNc1nc2c(Cl)cccc2s1. The van der Waals surface area contributed by atoms with Crippen LogP contribution in [0.25, 0.3) is 10.2 Å². The number of carbonyl (C=O) groups is 1. The van der Waals surface area contributed by atoms with Crippen LogP contribution in [0.3, 0.4) is 0 Å². The zero-order valence-electron chi connectivity index (χ0n) is 12.4. The van der Waals surface area contributed by atoms with Crippen molar-refractivity contribution < 1.29 is 13.2 Å². The fourth-order valence-corrected chi connectivity index (χ4v) is 4.13. The van der Waals surface area contributed by atoms with Crippen molar-refractivity contribution >= 4 is 54.0 Å². The fraction of sp³-hybridized carbons (Fsp3) is 0.0667. The van der Waals surface area contributed by atoms with Gasteiger partial charge in [-0.2, -0.15) is 0 Å². The first-order valence-corrected chi connectivity index (χ1v) is 9.85. The summed E-state index contributed by atoms with van der Waals surface area (Å²) in [5, 5.41) is 0.967. The number of rotatable bonds is 4. The minimum atomic E-state index is -3.51. The number of nitrogens with zero attached hydrogens (tertiary/aromatic N) is 1. The van der Waals surface area contributed by atoms with Gasteiger partial charge < -0.3 is 0 Å². The van der Waals surface area contributed by atoms with E-state index in [1.165, 1.54) is 23.5 Å². The summed E-state index contributed by atoms with van der Waals surface area (Å²) in [4.78, 5) is 16.5. The molecule has 2 N–H and O–H groups in total. The van der Waals surface area contributed by atoms with Crippen LogP contribution in [0.5, 0.6) is 0 Å². The number of hydrazine groups is 1. The Hall–Kier alpha value is -2.16. The quantitative estimate of drug-likeness (QED) is 0.678. The standard InChI is InChI=1S/C15H12ClN3O3S2/c1-24(21,22)12-8-3-2-5-9(12)14(20)18-19-15-17-13-10(16)6-4-7-11(13)23-15/h2-8H,1H3,(H,17,19)(H,18,20). The van der Waals surface area contributed by atoms with Crippen molar-refractivity contribution in [3.63, 3.8) is 0 Å². The van der Waals surface area contributed by atoms with E-state index in [0.717, 1.165) is 11.0 Å². The molecule has 0 radical (unpaired) electrons. The summed E-state index contributed by atoms with van der Waals surface area (Å²) < 4.78 is 24.4. The van der Waals surface area contributed by atoms with Crippen molar-refractivity contribution in [2.24, 2.45) is 0 Å². The Morgan fingerprint density at radius 1 is 1.17 bits per heavy atom. The lowest BCUT2D eigenvalue weighted by atomic mass is 10.2. The second-order valence-electron chi connectivity index (χ2n) is 4.95. The average molecular weight is 382 g/mol. The first-order valence-electron chi connectivity index (χ1n) is 6.77. The number of hydrogen-bond donors (Lipinski definition) is 2. The van der Waals surface area contributed by atoms with Crippen molar-refractivity contribution in [3.8, 4) is 0 Å². The highest BCUT2D eigenvalue weighted by Crippen LogP contribution is 2.30. The highest BCUT2D eigenvalue weighted by Gasteiger charge is 2.18. The predicted octanol–water partition coefficient (Wildman–Crippen LogP) is 3.11. The molecule has 2 aromatic carbocycles. The molecule has 3 aromatic rings. The van der Waals surface area contributed by atoms with Crippen molar-refractivity contribution in [1.29, 1.82) is 0 Å². The zero-order valence-corrected chi connectivity index (χ0v) is 14.8. The van der Waals surface area contributed by atoms with Gasteiger partial charge in [0, 0.05) is 6.26 Å².